The Balaban J connectivity index is 1.91. The monoisotopic (exact) mass is 516 g/mol. The van der Waals surface area contributed by atoms with Crippen molar-refractivity contribution < 1.29 is 43.2 Å². The lowest BCUT2D eigenvalue weighted by Gasteiger charge is -2.20. The third kappa shape index (κ3) is 9.79. The van der Waals surface area contributed by atoms with Gasteiger partial charge in [0.1, 0.15) is 12.7 Å². The van der Waals surface area contributed by atoms with Gasteiger partial charge in [-0.05, 0) is 32.8 Å². The zero-order valence-corrected chi connectivity index (χ0v) is 21.3. The summed E-state index contributed by atoms with van der Waals surface area (Å²) in [6.45, 7) is 4.23. The van der Waals surface area contributed by atoms with Crippen molar-refractivity contribution in [3.8, 4) is 11.5 Å². The lowest BCUT2D eigenvalue weighted by Crippen LogP contribution is -2.46. The molecule has 1 heterocycles. The topological polar surface area (TPSA) is 150 Å². The molecular formula is C26H32N2O9. The number of nitrogens with zero attached hydrogens (tertiary/aromatic N) is 1. The van der Waals surface area contributed by atoms with E-state index in [1.54, 1.807) is 20.8 Å². The van der Waals surface area contributed by atoms with Gasteiger partial charge >= 0.3 is 17.9 Å². The normalized spacial score (nSPS) is 12.2. The number of hydrogen-bond acceptors (Lipinski definition) is 10. The number of methoxy groups -OCH3 is 1. The van der Waals surface area contributed by atoms with Crippen LogP contribution in [-0.4, -0.2) is 65.9 Å². The van der Waals surface area contributed by atoms with Gasteiger partial charge in [-0.15, -0.1) is 0 Å². The van der Waals surface area contributed by atoms with Crippen molar-refractivity contribution in [2.24, 2.45) is 0 Å². The van der Waals surface area contributed by atoms with E-state index in [9.17, 15) is 24.3 Å². The van der Waals surface area contributed by atoms with Crippen molar-refractivity contribution in [1.82, 2.24) is 10.3 Å². The summed E-state index contributed by atoms with van der Waals surface area (Å²) in [7, 11) is 1.31. The first-order chi connectivity index (χ1) is 17.6. The van der Waals surface area contributed by atoms with E-state index in [0.717, 1.165) is 5.56 Å². The summed E-state index contributed by atoms with van der Waals surface area (Å²) >= 11 is 0. The van der Waals surface area contributed by atoms with Crippen LogP contribution < -0.4 is 10.1 Å². The highest BCUT2D eigenvalue weighted by molar-refractivity contribution is 5.98. The molecule has 0 radical (unpaired) electrons. The SMILES string of the molecule is COc1ccnc(C(=O)NC(COC(=O)CC(C)OC(=O)CCc2ccccc2)C(=O)OC(C)C)c1O. The number of aromatic nitrogens is 1. The number of esters is 3. The number of nitrogens with one attached hydrogen (secondary N) is 1. The first-order valence-electron chi connectivity index (χ1n) is 11.7. The molecule has 1 amide bonds. The molecule has 200 valence electrons. The van der Waals surface area contributed by atoms with E-state index in [-0.39, 0.29) is 24.3 Å². The fourth-order valence-electron chi connectivity index (χ4n) is 3.16. The maximum Gasteiger partial charge on any atom is 0.332 e. The molecule has 0 aliphatic heterocycles. The highest BCUT2D eigenvalue weighted by atomic mass is 16.6. The average Bonchev–Trinajstić information content (AvgIpc) is 2.85. The van der Waals surface area contributed by atoms with Crippen molar-refractivity contribution in [3.63, 3.8) is 0 Å². The Morgan fingerprint density at radius 1 is 1.00 bits per heavy atom. The quantitative estimate of drug-likeness (QED) is 0.300. The fraction of sp³-hybridized carbons (Fsp3) is 0.423. The lowest BCUT2D eigenvalue weighted by molar-refractivity contribution is -0.157. The van der Waals surface area contributed by atoms with E-state index < -0.39 is 54.4 Å². The number of carbonyl (C=O) groups is 4. The molecule has 0 fully saturated rings. The molecule has 2 aromatic rings. The van der Waals surface area contributed by atoms with Gasteiger partial charge in [-0.25, -0.2) is 9.78 Å². The number of amides is 1. The molecule has 0 saturated heterocycles. The van der Waals surface area contributed by atoms with Crippen LogP contribution in [0.5, 0.6) is 11.5 Å². The predicted molar refractivity (Wildman–Crippen MR) is 131 cm³/mol. The summed E-state index contributed by atoms with van der Waals surface area (Å²) in [6.07, 6.45) is 0.398. The smallest absolute Gasteiger partial charge is 0.332 e. The van der Waals surface area contributed by atoms with Crippen molar-refractivity contribution in [2.75, 3.05) is 13.7 Å². The van der Waals surface area contributed by atoms with Crippen molar-refractivity contribution in [1.29, 1.82) is 0 Å². The van der Waals surface area contributed by atoms with Gasteiger partial charge in [0.25, 0.3) is 5.91 Å². The van der Waals surface area contributed by atoms with Gasteiger partial charge in [-0.2, -0.15) is 0 Å². The van der Waals surface area contributed by atoms with Crippen LogP contribution >= 0.6 is 0 Å². The molecule has 11 heteroatoms. The average molecular weight is 517 g/mol. The van der Waals surface area contributed by atoms with Crippen molar-refractivity contribution in [2.45, 2.75) is 58.3 Å². The summed E-state index contributed by atoms with van der Waals surface area (Å²) < 4.78 is 20.5. The summed E-state index contributed by atoms with van der Waals surface area (Å²) in [6, 6.07) is 9.42. The largest absolute Gasteiger partial charge is 0.503 e. The number of benzene rings is 1. The lowest BCUT2D eigenvalue weighted by atomic mass is 10.1. The molecule has 2 N–H and O–H groups in total. The minimum absolute atomic E-state index is 0.0141. The number of hydrogen-bond donors (Lipinski definition) is 2. The summed E-state index contributed by atoms with van der Waals surface area (Å²) in [5.74, 6) is -3.46. The molecule has 2 rings (SSSR count). The van der Waals surface area contributed by atoms with Crippen LogP contribution in [-0.2, 0) is 35.0 Å². The highest BCUT2D eigenvalue weighted by Gasteiger charge is 2.28. The highest BCUT2D eigenvalue weighted by Crippen LogP contribution is 2.27. The molecule has 0 aliphatic carbocycles. The van der Waals surface area contributed by atoms with Gasteiger partial charge in [-0.3, -0.25) is 14.4 Å². The van der Waals surface area contributed by atoms with E-state index in [4.69, 9.17) is 18.9 Å². The molecule has 2 atom stereocenters. The molecule has 2 unspecified atom stereocenters. The molecular weight excluding hydrogens is 484 g/mol. The van der Waals surface area contributed by atoms with Crippen molar-refractivity contribution >= 4 is 23.8 Å². The first kappa shape index (κ1) is 29.1. The first-order valence-corrected chi connectivity index (χ1v) is 11.7. The number of ether oxygens (including phenoxy) is 4. The summed E-state index contributed by atoms with van der Waals surface area (Å²) in [5, 5.41) is 12.5. The third-order valence-corrected chi connectivity index (χ3v) is 4.92. The molecule has 0 saturated carbocycles. The van der Waals surface area contributed by atoms with E-state index in [0.29, 0.717) is 6.42 Å². The van der Waals surface area contributed by atoms with Crippen LogP contribution in [0.25, 0.3) is 0 Å². The zero-order valence-electron chi connectivity index (χ0n) is 21.3. The van der Waals surface area contributed by atoms with E-state index >= 15 is 0 Å². The second-order valence-electron chi connectivity index (χ2n) is 8.40. The van der Waals surface area contributed by atoms with Gasteiger partial charge in [0.2, 0.25) is 0 Å². The Kier molecular flexibility index (Phi) is 11.3. The Labute approximate surface area is 215 Å². The molecule has 0 bridgehead atoms. The molecule has 1 aromatic carbocycles. The fourth-order valence-corrected chi connectivity index (χ4v) is 3.16. The van der Waals surface area contributed by atoms with Crippen molar-refractivity contribution in [3.05, 3.63) is 53.9 Å². The molecule has 11 nitrogen and oxygen atoms in total. The molecule has 0 spiro atoms. The molecule has 1 aromatic heterocycles. The van der Waals surface area contributed by atoms with Crippen LogP contribution in [0, 0.1) is 0 Å². The van der Waals surface area contributed by atoms with Crippen LogP contribution in [0.1, 0.15) is 49.7 Å². The standard InChI is InChI=1S/C26H32N2O9/c1-16(2)36-26(33)19(28-25(32)23-24(31)20(34-4)12-13-27-23)15-35-22(30)14-17(3)37-21(29)11-10-18-8-6-5-7-9-18/h5-9,12-13,16-17,19,31H,10-11,14-15H2,1-4H3,(H,28,32). The number of pyridine rings is 1. The minimum Gasteiger partial charge on any atom is -0.503 e. The predicted octanol–water partition coefficient (Wildman–Crippen LogP) is 2.34. The van der Waals surface area contributed by atoms with Gasteiger partial charge in [0, 0.05) is 18.7 Å². The van der Waals surface area contributed by atoms with Crippen LogP contribution in [0.3, 0.4) is 0 Å². The molecule has 0 aliphatic rings. The maximum atomic E-state index is 12.6. The van der Waals surface area contributed by atoms with Crippen LogP contribution in [0.15, 0.2) is 42.6 Å². The number of aryl methyl sites for hydroxylation is 1. The van der Waals surface area contributed by atoms with E-state index in [1.807, 2.05) is 30.3 Å². The van der Waals surface area contributed by atoms with E-state index in [2.05, 4.69) is 10.3 Å². The second kappa shape index (κ2) is 14.4. The van der Waals surface area contributed by atoms with Gasteiger partial charge < -0.3 is 29.4 Å². The number of carbonyl (C=O) groups excluding carboxylic acids is 4. The van der Waals surface area contributed by atoms with Crippen LogP contribution in [0.4, 0.5) is 0 Å². The summed E-state index contributed by atoms with van der Waals surface area (Å²) in [4.78, 5) is 53.3. The Hall–Kier alpha value is -4.15. The second-order valence-corrected chi connectivity index (χ2v) is 8.40. The third-order valence-electron chi connectivity index (χ3n) is 4.92. The minimum atomic E-state index is -1.38. The maximum absolute atomic E-state index is 12.6. The zero-order chi connectivity index (χ0) is 27.4. The van der Waals surface area contributed by atoms with Gasteiger partial charge in [-0.1, -0.05) is 30.3 Å². The van der Waals surface area contributed by atoms with Crippen LogP contribution in [0.2, 0.25) is 0 Å². The number of aromatic hydroxyl groups is 1. The van der Waals surface area contributed by atoms with E-state index in [1.165, 1.54) is 19.4 Å². The van der Waals surface area contributed by atoms with Gasteiger partial charge in [0.15, 0.2) is 23.2 Å². The Morgan fingerprint density at radius 2 is 1.70 bits per heavy atom. The number of rotatable bonds is 13. The Bertz CT molecular complexity index is 1070. The Morgan fingerprint density at radius 3 is 2.35 bits per heavy atom. The van der Waals surface area contributed by atoms with Gasteiger partial charge in [0.05, 0.1) is 19.6 Å². The summed E-state index contributed by atoms with van der Waals surface area (Å²) in [5.41, 5.74) is 0.606. The molecule has 37 heavy (non-hydrogen) atoms.